The topological polar surface area (TPSA) is 206 Å². The summed E-state index contributed by atoms with van der Waals surface area (Å²) in [6.45, 7) is 0.683. The molecule has 1 aliphatic heterocycles. The molecule has 8 N–H and O–H groups in total. The SMILES string of the molecule is CN(C)c1cc(CNC(=O)C2CCCN2)c(O)c2c1C[C@H]1C[C@H]3C(N(C)C)C(O)=C(C(N)=O)C(=O)[C@@]3(O)C(O)=C1C2=O. The first-order valence-corrected chi connectivity index (χ1v) is 13.9. The van der Waals surface area contributed by atoms with Crippen LogP contribution in [0.25, 0.3) is 0 Å². The van der Waals surface area contributed by atoms with Crippen LogP contribution in [0.4, 0.5) is 5.69 Å². The minimum Gasteiger partial charge on any atom is -0.510 e. The van der Waals surface area contributed by atoms with Crippen LogP contribution < -0.4 is 21.3 Å². The monoisotopic (exact) mass is 583 g/mol. The molecule has 1 fully saturated rings. The molecule has 2 unspecified atom stereocenters. The number of primary amides is 1. The van der Waals surface area contributed by atoms with E-state index in [9.17, 15) is 39.6 Å². The number of allylic oxidation sites excluding steroid dienone is 1. The van der Waals surface area contributed by atoms with Crippen molar-refractivity contribution in [2.45, 2.75) is 49.9 Å². The molecule has 0 spiro atoms. The Balaban J connectivity index is 1.62. The van der Waals surface area contributed by atoms with Gasteiger partial charge in [0.1, 0.15) is 22.8 Å². The normalized spacial score (nSPS) is 28.9. The minimum atomic E-state index is -2.70. The van der Waals surface area contributed by atoms with E-state index in [2.05, 4.69) is 10.6 Å². The van der Waals surface area contributed by atoms with Crippen molar-refractivity contribution in [1.29, 1.82) is 0 Å². The molecule has 1 saturated heterocycles. The molecule has 5 atom stereocenters. The summed E-state index contributed by atoms with van der Waals surface area (Å²) in [5.74, 6) is -7.23. The number of carbonyl (C=O) groups is 4. The summed E-state index contributed by atoms with van der Waals surface area (Å²) in [4.78, 5) is 55.6. The lowest BCUT2D eigenvalue weighted by molar-refractivity contribution is -0.148. The first-order chi connectivity index (χ1) is 19.7. The van der Waals surface area contributed by atoms with Crippen molar-refractivity contribution >= 4 is 29.1 Å². The van der Waals surface area contributed by atoms with E-state index in [4.69, 9.17) is 5.73 Å². The molecular weight excluding hydrogens is 546 g/mol. The van der Waals surface area contributed by atoms with Gasteiger partial charge in [-0.3, -0.25) is 24.1 Å². The van der Waals surface area contributed by atoms with Gasteiger partial charge in [-0.2, -0.15) is 0 Å². The van der Waals surface area contributed by atoms with Gasteiger partial charge >= 0.3 is 0 Å². The van der Waals surface area contributed by atoms with Crippen LogP contribution in [0.15, 0.2) is 28.7 Å². The summed E-state index contributed by atoms with van der Waals surface area (Å²) in [5.41, 5.74) is 2.94. The first kappa shape index (κ1) is 29.5. The van der Waals surface area contributed by atoms with Gasteiger partial charge in [0.25, 0.3) is 5.91 Å². The molecule has 42 heavy (non-hydrogen) atoms. The average Bonchev–Trinajstić information content (AvgIpc) is 3.45. The maximum Gasteiger partial charge on any atom is 0.255 e. The van der Waals surface area contributed by atoms with E-state index in [1.54, 1.807) is 39.2 Å². The van der Waals surface area contributed by atoms with Crippen molar-refractivity contribution in [3.05, 3.63) is 45.4 Å². The summed E-state index contributed by atoms with van der Waals surface area (Å²) in [6, 6.07) is 0.312. The molecular formula is C29H37N5O8. The van der Waals surface area contributed by atoms with Gasteiger partial charge in [-0.05, 0) is 63.9 Å². The summed E-state index contributed by atoms with van der Waals surface area (Å²) in [7, 11) is 6.72. The Morgan fingerprint density at radius 2 is 1.86 bits per heavy atom. The molecule has 226 valence electrons. The van der Waals surface area contributed by atoms with Gasteiger partial charge in [0.05, 0.1) is 17.6 Å². The number of phenolic OH excluding ortho intramolecular Hbond substituents is 1. The molecule has 4 aliphatic rings. The number of hydrogen-bond acceptors (Lipinski definition) is 11. The third-order valence-electron chi connectivity index (χ3n) is 9.09. The molecule has 0 bridgehead atoms. The molecule has 2 amide bonds. The number of aliphatic hydroxyl groups is 3. The van der Waals surface area contributed by atoms with Crippen LogP contribution in [0.1, 0.15) is 40.7 Å². The maximum absolute atomic E-state index is 14.1. The third-order valence-corrected chi connectivity index (χ3v) is 9.09. The van der Waals surface area contributed by atoms with Crippen molar-refractivity contribution in [3.8, 4) is 5.75 Å². The lowest BCUT2D eigenvalue weighted by Crippen LogP contribution is -2.63. The standard InChI is InChI=1S/C29H37N5O8/c1-33(2)17-10-13(11-32-28(41)16-6-5-7-31-16)22(35)19-14(17)8-12-9-15-21(34(3)4)24(37)20(27(30)40)26(39)29(15,42)25(38)18(12)23(19)36/h10,12,15-16,21,31,35,37-38,42H,5-9,11H2,1-4H3,(H2,30,40)(H,32,41)/t12-,15-,16?,21?,29-/m0/s1. The maximum atomic E-state index is 14.1. The fraction of sp³-hybridized carbons (Fsp3) is 0.517. The lowest BCUT2D eigenvalue weighted by atomic mass is 9.58. The predicted octanol–water partition coefficient (Wildman–Crippen LogP) is -0.445. The number of carbonyl (C=O) groups excluding carboxylic acids is 4. The van der Waals surface area contributed by atoms with E-state index >= 15 is 0 Å². The number of hydrogen-bond donors (Lipinski definition) is 7. The number of Topliss-reactive ketones (excluding diaryl/α,β-unsaturated/α-hetero) is 2. The zero-order valence-corrected chi connectivity index (χ0v) is 24.0. The van der Waals surface area contributed by atoms with Crippen LogP contribution in [0.2, 0.25) is 0 Å². The van der Waals surface area contributed by atoms with Crippen molar-refractivity contribution in [2.75, 3.05) is 39.6 Å². The molecule has 13 heteroatoms. The fourth-order valence-corrected chi connectivity index (χ4v) is 7.10. The number of nitrogens with zero attached hydrogens (tertiary/aromatic N) is 2. The smallest absolute Gasteiger partial charge is 0.255 e. The van der Waals surface area contributed by atoms with E-state index < -0.39 is 58.0 Å². The van der Waals surface area contributed by atoms with Crippen molar-refractivity contribution in [3.63, 3.8) is 0 Å². The van der Waals surface area contributed by atoms with E-state index in [1.807, 2.05) is 0 Å². The third kappa shape index (κ3) is 4.26. The van der Waals surface area contributed by atoms with Crippen LogP contribution in [0.5, 0.6) is 5.75 Å². The minimum absolute atomic E-state index is 0.00555. The van der Waals surface area contributed by atoms with Crippen LogP contribution >= 0.6 is 0 Å². The molecule has 0 radical (unpaired) electrons. The highest BCUT2D eigenvalue weighted by molar-refractivity contribution is 6.25. The number of fused-ring (bicyclic) bond motifs is 3. The molecule has 1 heterocycles. The number of aliphatic hydroxyl groups excluding tert-OH is 2. The molecule has 1 aromatic rings. The number of likely N-dealkylation sites (N-methyl/N-ethyl adjacent to an activating group) is 1. The number of anilines is 1. The molecule has 1 aromatic carbocycles. The van der Waals surface area contributed by atoms with Crippen LogP contribution in [0.3, 0.4) is 0 Å². The highest BCUT2D eigenvalue weighted by Crippen LogP contribution is 2.53. The zero-order chi connectivity index (χ0) is 30.8. The summed E-state index contributed by atoms with van der Waals surface area (Å²) >= 11 is 0. The Labute approximate surface area is 242 Å². The highest BCUT2D eigenvalue weighted by atomic mass is 16.3. The first-order valence-electron chi connectivity index (χ1n) is 13.9. The van der Waals surface area contributed by atoms with E-state index in [0.29, 0.717) is 17.7 Å². The average molecular weight is 584 g/mol. The highest BCUT2D eigenvalue weighted by Gasteiger charge is 2.63. The lowest BCUT2D eigenvalue weighted by Gasteiger charge is -2.50. The Morgan fingerprint density at radius 3 is 2.43 bits per heavy atom. The quantitative estimate of drug-likeness (QED) is 0.214. The van der Waals surface area contributed by atoms with Gasteiger partial charge < -0.3 is 41.7 Å². The number of phenols is 1. The summed E-state index contributed by atoms with van der Waals surface area (Å²) in [6.07, 6.45) is 1.75. The van der Waals surface area contributed by atoms with E-state index in [1.165, 1.54) is 4.90 Å². The number of rotatable bonds is 6. The molecule has 3 aliphatic carbocycles. The number of ketones is 2. The Hall–Kier alpha value is -3.94. The van der Waals surface area contributed by atoms with Crippen LogP contribution in [0, 0.1) is 11.8 Å². The Kier molecular flexibility index (Phi) is 7.32. The second-order valence-corrected chi connectivity index (χ2v) is 12.0. The Bertz CT molecular complexity index is 1460. The number of amides is 2. The van der Waals surface area contributed by atoms with Gasteiger partial charge in [-0.1, -0.05) is 0 Å². The van der Waals surface area contributed by atoms with E-state index in [-0.39, 0.29) is 53.8 Å². The number of nitrogens with one attached hydrogen (secondary N) is 2. The second kappa shape index (κ2) is 10.4. The van der Waals surface area contributed by atoms with Crippen LogP contribution in [-0.2, 0) is 27.3 Å². The van der Waals surface area contributed by atoms with Gasteiger partial charge in [0, 0.05) is 43.4 Å². The molecule has 13 nitrogen and oxygen atoms in total. The van der Waals surface area contributed by atoms with Crippen molar-refractivity contribution in [1.82, 2.24) is 15.5 Å². The van der Waals surface area contributed by atoms with Crippen LogP contribution in [-0.4, -0.2) is 101 Å². The zero-order valence-electron chi connectivity index (χ0n) is 24.0. The fourth-order valence-electron chi connectivity index (χ4n) is 7.10. The van der Waals surface area contributed by atoms with Gasteiger partial charge in [0.15, 0.2) is 11.4 Å². The summed E-state index contributed by atoms with van der Waals surface area (Å²) < 4.78 is 0. The van der Waals surface area contributed by atoms with Gasteiger partial charge in [-0.15, -0.1) is 0 Å². The van der Waals surface area contributed by atoms with Gasteiger partial charge in [-0.25, -0.2) is 0 Å². The van der Waals surface area contributed by atoms with Crippen molar-refractivity contribution < 1.29 is 39.6 Å². The number of aromatic hydroxyl groups is 1. The predicted molar refractivity (Wildman–Crippen MR) is 151 cm³/mol. The number of benzene rings is 1. The van der Waals surface area contributed by atoms with Crippen molar-refractivity contribution in [2.24, 2.45) is 17.6 Å². The Morgan fingerprint density at radius 1 is 1.17 bits per heavy atom. The number of nitrogens with two attached hydrogens (primary N) is 1. The molecule has 0 aromatic heterocycles. The molecule has 5 rings (SSSR count). The van der Waals surface area contributed by atoms with Gasteiger partial charge in [0.2, 0.25) is 11.7 Å². The largest absolute Gasteiger partial charge is 0.510 e. The second-order valence-electron chi connectivity index (χ2n) is 12.0. The molecule has 0 saturated carbocycles. The summed E-state index contributed by atoms with van der Waals surface area (Å²) in [5, 5.41) is 51.4. The van der Waals surface area contributed by atoms with E-state index in [0.717, 1.165) is 13.0 Å².